The standard InChI is InChI=1S/C15H17ClN2O3/c1-19-12-7-10(8-13(20-2)14(12)21-3)9-18-11-5-4-6-17-15(11)16/h4-8,18H,9H2,1-3H3. The summed E-state index contributed by atoms with van der Waals surface area (Å²) >= 11 is 6.01. The summed E-state index contributed by atoms with van der Waals surface area (Å²) in [4.78, 5) is 4.02. The maximum Gasteiger partial charge on any atom is 0.203 e. The fraction of sp³-hybridized carbons (Fsp3) is 0.267. The molecule has 0 aliphatic rings. The third-order valence-electron chi connectivity index (χ3n) is 2.97. The molecule has 6 heteroatoms. The number of rotatable bonds is 6. The number of nitrogens with one attached hydrogen (secondary N) is 1. The summed E-state index contributed by atoms with van der Waals surface area (Å²) in [7, 11) is 4.76. The van der Waals surface area contributed by atoms with Gasteiger partial charge in [0.15, 0.2) is 16.7 Å². The Morgan fingerprint density at radius 1 is 1.10 bits per heavy atom. The summed E-state index contributed by atoms with van der Waals surface area (Å²) in [5.41, 5.74) is 1.75. The first kappa shape index (κ1) is 15.3. The average molecular weight is 309 g/mol. The number of pyridine rings is 1. The number of halogens is 1. The molecule has 0 fully saturated rings. The molecule has 0 unspecified atom stereocenters. The van der Waals surface area contributed by atoms with E-state index >= 15 is 0 Å². The van der Waals surface area contributed by atoms with Gasteiger partial charge in [-0.25, -0.2) is 4.98 Å². The second kappa shape index (κ2) is 7.04. The SMILES string of the molecule is COc1cc(CNc2cccnc2Cl)cc(OC)c1OC. The number of methoxy groups -OCH3 is 3. The largest absolute Gasteiger partial charge is 0.493 e. The molecule has 1 aromatic carbocycles. The molecular weight excluding hydrogens is 292 g/mol. The number of ether oxygens (including phenoxy) is 3. The molecule has 0 atom stereocenters. The van der Waals surface area contributed by atoms with Crippen LogP contribution in [0.25, 0.3) is 0 Å². The molecule has 2 rings (SSSR count). The van der Waals surface area contributed by atoms with E-state index in [1.807, 2.05) is 24.3 Å². The molecule has 1 heterocycles. The van der Waals surface area contributed by atoms with E-state index in [2.05, 4.69) is 10.3 Å². The van der Waals surface area contributed by atoms with Crippen molar-refractivity contribution in [3.63, 3.8) is 0 Å². The Morgan fingerprint density at radius 3 is 2.29 bits per heavy atom. The zero-order valence-electron chi connectivity index (χ0n) is 12.1. The molecule has 5 nitrogen and oxygen atoms in total. The minimum atomic E-state index is 0.435. The first-order valence-corrected chi connectivity index (χ1v) is 6.70. The number of anilines is 1. The molecule has 0 spiro atoms. The molecule has 1 aromatic heterocycles. The van der Waals surface area contributed by atoms with Crippen molar-refractivity contribution in [1.82, 2.24) is 4.98 Å². The molecule has 0 saturated carbocycles. The number of hydrogen-bond donors (Lipinski definition) is 1. The van der Waals surface area contributed by atoms with Gasteiger partial charge in [-0.3, -0.25) is 0 Å². The highest BCUT2D eigenvalue weighted by atomic mass is 35.5. The van der Waals surface area contributed by atoms with Crippen LogP contribution < -0.4 is 19.5 Å². The van der Waals surface area contributed by atoms with Gasteiger partial charge in [0.25, 0.3) is 0 Å². The smallest absolute Gasteiger partial charge is 0.203 e. The molecule has 0 bridgehead atoms. The zero-order valence-corrected chi connectivity index (χ0v) is 12.9. The summed E-state index contributed by atoms with van der Waals surface area (Å²) < 4.78 is 15.9. The van der Waals surface area contributed by atoms with Crippen molar-refractivity contribution >= 4 is 17.3 Å². The van der Waals surface area contributed by atoms with Crippen molar-refractivity contribution in [3.8, 4) is 17.2 Å². The first-order chi connectivity index (χ1) is 10.2. The number of hydrogen-bond acceptors (Lipinski definition) is 5. The molecule has 0 aliphatic carbocycles. The Hall–Kier alpha value is -2.14. The maximum atomic E-state index is 6.01. The van der Waals surface area contributed by atoms with Crippen LogP contribution in [0.2, 0.25) is 5.15 Å². The quantitative estimate of drug-likeness (QED) is 0.829. The summed E-state index contributed by atoms with van der Waals surface area (Å²) in [5, 5.41) is 3.66. The second-order valence-electron chi connectivity index (χ2n) is 4.23. The molecular formula is C15H17ClN2O3. The van der Waals surface area contributed by atoms with Crippen LogP contribution in [0.3, 0.4) is 0 Å². The van der Waals surface area contributed by atoms with Crippen LogP contribution in [0.5, 0.6) is 17.2 Å². The Morgan fingerprint density at radius 2 is 1.76 bits per heavy atom. The van der Waals surface area contributed by atoms with Crippen molar-refractivity contribution in [1.29, 1.82) is 0 Å². The average Bonchev–Trinajstić information content (AvgIpc) is 2.52. The van der Waals surface area contributed by atoms with E-state index in [9.17, 15) is 0 Å². The van der Waals surface area contributed by atoms with Crippen molar-refractivity contribution in [2.45, 2.75) is 6.54 Å². The van der Waals surface area contributed by atoms with Crippen LogP contribution in [0.1, 0.15) is 5.56 Å². The van der Waals surface area contributed by atoms with E-state index in [1.54, 1.807) is 27.5 Å². The van der Waals surface area contributed by atoms with E-state index in [0.29, 0.717) is 28.9 Å². The van der Waals surface area contributed by atoms with Crippen molar-refractivity contribution in [2.75, 3.05) is 26.6 Å². The van der Waals surface area contributed by atoms with Gasteiger partial charge in [0, 0.05) is 12.7 Å². The Bertz CT molecular complexity index is 595. The minimum absolute atomic E-state index is 0.435. The predicted molar refractivity (Wildman–Crippen MR) is 82.7 cm³/mol. The summed E-state index contributed by atoms with van der Waals surface area (Å²) in [6, 6.07) is 7.47. The van der Waals surface area contributed by atoms with E-state index < -0.39 is 0 Å². The molecule has 21 heavy (non-hydrogen) atoms. The summed E-state index contributed by atoms with van der Waals surface area (Å²) in [6.07, 6.45) is 1.65. The highest BCUT2D eigenvalue weighted by molar-refractivity contribution is 6.31. The van der Waals surface area contributed by atoms with Gasteiger partial charge in [-0.15, -0.1) is 0 Å². The molecule has 2 aromatic rings. The van der Waals surface area contributed by atoms with Gasteiger partial charge < -0.3 is 19.5 Å². The Labute approximate surface area is 128 Å². The van der Waals surface area contributed by atoms with Crippen molar-refractivity contribution < 1.29 is 14.2 Å². The Kier molecular flexibility index (Phi) is 5.11. The lowest BCUT2D eigenvalue weighted by atomic mass is 10.1. The van der Waals surface area contributed by atoms with E-state index in [-0.39, 0.29) is 0 Å². The Balaban J connectivity index is 2.22. The zero-order chi connectivity index (χ0) is 15.2. The fourth-order valence-electron chi connectivity index (χ4n) is 1.95. The number of benzene rings is 1. The molecule has 0 aliphatic heterocycles. The molecule has 0 amide bonds. The molecule has 1 N–H and O–H groups in total. The minimum Gasteiger partial charge on any atom is -0.493 e. The maximum absolute atomic E-state index is 6.01. The monoisotopic (exact) mass is 308 g/mol. The van der Waals surface area contributed by atoms with Crippen molar-refractivity contribution in [2.24, 2.45) is 0 Å². The van der Waals surface area contributed by atoms with E-state index in [4.69, 9.17) is 25.8 Å². The van der Waals surface area contributed by atoms with Gasteiger partial charge in [0.2, 0.25) is 5.75 Å². The van der Waals surface area contributed by atoms with Crippen LogP contribution >= 0.6 is 11.6 Å². The summed E-state index contributed by atoms with van der Waals surface area (Å²) in [6.45, 7) is 0.558. The van der Waals surface area contributed by atoms with Gasteiger partial charge in [-0.1, -0.05) is 11.6 Å². The molecule has 112 valence electrons. The fourth-order valence-corrected chi connectivity index (χ4v) is 2.14. The lowest BCUT2D eigenvalue weighted by Crippen LogP contribution is -2.03. The summed E-state index contributed by atoms with van der Waals surface area (Å²) in [5.74, 6) is 1.81. The second-order valence-corrected chi connectivity index (χ2v) is 4.59. The third-order valence-corrected chi connectivity index (χ3v) is 3.27. The lowest BCUT2D eigenvalue weighted by Gasteiger charge is -2.15. The van der Waals surface area contributed by atoms with Crippen LogP contribution in [-0.2, 0) is 6.54 Å². The number of nitrogens with zero attached hydrogens (tertiary/aromatic N) is 1. The van der Waals surface area contributed by atoms with Crippen LogP contribution in [0, 0.1) is 0 Å². The van der Waals surface area contributed by atoms with Gasteiger partial charge in [-0.2, -0.15) is 0 Å². The van der Waals surface area contributed by atoms with Gasteiger partial charge in [0.1, 0.15) is 0 Å². The topological polar surface area (TPSA) is 52.6 Å². The first-order valence-electron chi connectivity index (χ1n) is 6.33. The van der Waals surface area contributed by atoms with Crippen molar-refractivity contribution in [3.05, 3.63) is 41.2 Å². The predicted octanol–water partition coefficient (Wildman–Crippen LogP) is 3.37. The van der Waals surface area contributed by atoms with E-state index in [0.717, 1.165) is 11.3 Å². The van der Waals surface area contributed by atoms with Crippen LogP contribution in [-0.4, -0.2) is 26.3 Å². The van der Waals surface area contributed by atoms with Gasteiger partial charge in [-0.05, 0) is 29.8 Å². The number of aromatic nitrogens is 1. The van der Waals surface area contributed by atoms with Crippen LogP contribution in [0.4, 0.5) is 5.69 Å². The van der Waals surface area contributed by atoms with Crippen LogP contribution in [0.15, 0.2) is 30.5 Å². The molecule has 0 saturated heterocycles. The lowest BCUT2D eigenvalue weighted by molar-refractivity contribution is 0.324. The third kappa shape index (κ3) is 3.49. The molecule has 0 radical (unpaired) electrons. The van der Waals surface area contributed by atoms with E-state index in [1.165, 1.54) is 0 Å². The van der Waals surface area contributed by atoms with Gasteiger partial charge in [0.05, 0.1) is 27.0 Å². The van der Waals surface area contributed by atoms with Gasteiger partial charge >= 0.3 is 0 Å². The highest BCUT2D eigenvalue weighted by Gasteiger charge is 2.13. The highest BCUT2D eigenvalue weighted by Crippen LogP contribution is 2.38. The normalized spacial score (nSPS) is 10.1.